The van der Waals surface area contributed by atoms with Crippen molar-refractivity contribution in [3.63, 3.8) is 0 Å². The number of rotatable bonds is 4. The van der Waals surface area contributed by atoms with E-state index in [1.165, 1.54) is 12.1 Å². The van der Waals surface area contributed by atoms with Crippen molar-refractivity contribution in [3.8, 4) is 0 Å². The van der Waals surface area contributed by atoms with Crippen molar-refractivity contribution in [1.82, 2.24) is 0 Å². The van der Waals surface area contributed by atoms with Gasteiger partial charge in [-0.1, -0.05) is 51.8 Å². The Labute approximate surface area is 176 Å². The van der Waals surface area contributed by atoms with E-state index < -0.39 is 15.9 Å². The zero-order valence-corrected chi connectivity index (χ0v) is 18.2. The van der Waals surface area contributed by atoms with E-state index in [-0.39, 0.29) is 35.1 Å². The van der Waals surface area contributed by atoms with Gasteiger partial charge in [0.05, 0.1) is 5.41 Å². The Bertz CT molecular complexity index is 898. The summed E-state index contributed by atoms with van der Waals surface area (Å²) in [5, 5.41) is 13.3. The van der Waals surface area contributed by atoms with Crippen LogP contribution < -0.4 is 34.7 Å². The molecular formula is C16H12BrClNNaO3S. The Balaban J connectivity index is 0.00000288. The van der Waals surface area contributed by atoms with Crippen LogP contribution in [0.25, 0.3) is 6.08 Å². The van der Waals surface area contributed by atoms with Crippen LogP contribution in [-0.2, 0) is 10.0 Å². The third-order valence-electron chi connectivity index (χ3n) is 2.95. The molecule has 0 unspecified atom stereocenters. The van der Waals surface area contributed by atoms with E-state index in [0.717, 1.165) is 9.88 Å². The fourth-order valence-corrected chi connectivity index (χ4v) is 3.21. The fraction of sp³-hybridized carbons (Fsp3) is 0.0625. The first-order chi connectivity index (χ1) is 10.8. The summed E-state index contributed by atoms with van der Waals surface area (Å²) < 4.78 is 28.0. The summed E-state index contributed by atoms with van der Waals surface area (Å²) >= 11 is 9.22. The zero-order chi connectivity index (χ0) is 17.0. The Morgan fingerprint density at radius 2 is 1.92 bits per heavy atom. The molecule has 0 aliphatic carbocycles. The molecule has 0 N–H and O–H groups in total. The Kier molecular flexibility index (Phi) is 8.19. The Morgan fingerprint density at radius 1 is 1.25 bits per heavy atom. The molecule has 0 aliphatic rings. The monoisotopic (exact) mass is 435 g/mol. The van der Waals surface area contributed by atoms with Crippen LogP contribution in [0.5, 0.6) is 0 Å². The molecule has 4 nitrogen and oxygen atoms in total. The van der Waals surface area contributed by atoms with Crippen LogP contribution in [0, 0.1) is 6.92 Å². The van der Waals surface area contributed by atoms with Gasteiger partial charge in [0.15, 0.2) is 0 Å². The van der Waals surface area contributed by atoms with Crippen molar-refractivity contribution in [2.24, 2.45) is 4.40 Å². The molecule has 0 spiro atoms. The number of hydrogen-bond acceptors (Lipinski definition) is 3. The normalized spacial score (nSPS) is 12.2. The van der Waals surface area contributed by atoms with Gasteiger partial charge in [-0.25, -0.2) is 0 Å². The molecular weight excluding hydrogens is 425 g/mol. The van der Waals surface area contributed by atoms with Crippen LogP contribution in [0.4, 0.5) is 0 Å². The number of aryl methyl sites for hydroxylation is 1. The van der Waals surface area contributed by atoms with E-state index in [1.54, 1.807) is 43.3 Å². The van der Waals surface area contributed by atoms with Crippen molar-refractivity contribution in [3.05, 3.63) is 74.1 Å². The number of nitrogens with zero attached hydrogens (tertiary/aromatic N) is 1. The largest absolute Gasteiger partial charge is 1.00 e. The third-order valence-corrected chi connectivity index (χ3v) is 4.69. The van der Waals surface area contributed by atoms with E-state index in [1.807, 2.05) is 0 Å². The molecule has 8 heteroatoms. The molecule has 0 radical (unpaired) electrons. The fourth-order valence-electron chi connectivity index (χ4n) is 1.83. The van der Waals surface area contributed by atoms with Crippen LogP contribution >= 0.6 is 27.5 Å². The topological polar surface area (TPSA) is 69.6 Å². The second-order valence-corrected chi connectivity index (χ2v) is 7.50. The molecule has 24 heavy (non-hydrogen) atoms. The number of sulfonamides is 1. The van der Waals surface area contributed by atoms with Crippen molar-refractivity contribution in [2.45, 2.75) is 6.92 Å². The van der Waals surface area contributed by atoms with Gasteiger partial charge in [0, 0.05) is 15.4 Å². The Hall–Kier alpha value is -0.630. The molecule has 120 valence electrons. The van der Waals surface area contributed by atoms with Crippen LogP contribution in [0.15, 0.2) is 56.7 Å². The maximum Gasteiger partial charge on any atom is 1.00 e. The van der Waals surface area contributed by atoms with Gasteiger partial charge in [-0.05, 0) is 47.9 Å². The quantitative estimate of drug-likeness (QED) is 0.399. The first kappa shape index (κ1) is 21.4. The van der Waals surface area contributed by atoms with Gasteiger partial charge in [-0.15, -0.1) is 0 Å². The summed E-state index contributed by atoms with van der Waals surface area (Å²) in [4.78, 5) is 0. The molecule has 0 amide bonds. The van der Waals surface area contributed by atoms with E-state index in [9.17, 15) is 13.5 Å². The van der Waals surface area contributed by atoms with Gasteiger partial charge >= 0.3 is 29.6 Å². The Morgan fingerprint density at radius 3 is 2.54 bits per heavy atom. The van der Waals surface area contributed by atoms with Crippen LogP contribution in [0.2, 0.25) is 5.02 Å². The number of halogens is 2. The summed E-state index contributed by atoms with van der Waals surface area (Å²) in [5.41, 5.74) is 1.40. The van der Waals surface area contributed by atoms with E-state index >= 15 is 0 Å². The predicted octanol–water partition coefficient (Wildman–Crippen LogP) is 0.523. The summed E-state index contributed by atoms with van der Waals surface area (Å²) in [5.74, 6) is -0.807. The molecule has 2 rings (SSSR count). The minimum Gasteiger partial charge on any atom is -0.858 e. The van der Waals surface area contributed by atoms with Crippen LogP contribution in [0.3, 0.4) is 0 Å². The summed E-state index contributed by atoms with van der Waals surface area (Å²) in [6.07, 6.45) is 1.31. The van der Waals surface area contributed by atoms with E-state index in [0.29, 0.717) is 16.1 Å². The third kappa shape index (κ3) is 6.02. The zero-order valence-electron chi connectivity index (χ0n) is 13.0. The summed E-state index contributed by atoms with van der Waals surface area (Å²) in [6, 6.07) is 11.7. The van der Waals surface area contributed by atoms with Gasteiger partial charge in [-0.3, -0.25) is 0 Å². The van der Waals surface area contributed by atoms with Crippen molar-refractivity contribution >= 4 is 49.5 Å². The van der Waals surface area contributed by atoms with Crippen LogP contribution in [-0.4, -0.2) is 14.3 Å². The van der Waals surface area contributed by atoms with Gasteiger partial charge in [-0.2, -0.15) is 12.8 Å². The van der Waals surface area contributed by atoms with E-state index in [2.05, 4.69) is 20.3 Å². The van der Waals surface area contributed by atoms with Crippen molar-refractivity contribution < 1.29 is 43.1 Å². The first-order valence-electron chi connectivity index (χ1n) is 6.49. The molecule has 0 heterocycles. The molecule has 2 aromatic rings. The maximum atomic E-state index is 12.0. The molecule has 0 fully saturated rings. The van der Waals surface area contributed by atoms with Gasteiger partial charge < -0.3 is 5.11 Å². The standard InChI is InChI=1S/C16H13BrClNO3S.Na/c1-11-10-13(17)6-7-14(11)16(20)19-23(21,22)9-8-12-4-2-3-5-15(12)18;/h2-10H,1H3,(H,19,20);/q;+1/p-1/b9-8+;. The smallest absolute Gasteiger partial charge is 0.858 e. The first-order valence-corrected chi connectivity index (χ1v) is 9.17. The molecule has 0 bridgehead atoms. The van der Waals surface area contributed by atoms with E-state index in [4.69, 9.17) is 11.6 Å². The summed E-state index contributed by atoms with van der Waals surface area (Å²) in [7, 11) is -4.05. The molecule has 0 aromatic heterocycles. The average molecular weight is 437 g/mol. The number of hydrogen-bond donors (Lipinski definition) is 0. The number of benzene rings is 2. The second kappa shape index (κ2) is 9.17. The molecule has 0 aliphatic heterocycles. The minimum atomic E-state index is -4.05. The molecule has 0 saturated carbocycles. The van der Waals surface area contributed by atoms with Crippen molar-refractivity contribution in [2.75, 3.05) is 0 Å². The van der Waals surface area contributed by atoms with Crippen molar-refractivity contribution in [1.29, 1.82) is 0 Å². The molecule has 0 saturated heterocycles. The maximum absolute atomic E-state index is 12.0. The average Bonchev–Trinajstić information content (AvgIpc) is 2.45. The van der Waals surface area contributed by atoms with Gasteiger partial charge in [0.1, 0.15) is 0 Å². The predicted molar refractivity (Wildman–Crippen MR) is 94.8 cm³/mol. The van der Waals surface area contributed by atoms with Crippen LogP contribution in [0.1, 0.15) is 16.7 Å². The second-order valence-electron chi connectivity index (χ2n) is 4.69. The minimum absolute atomic E-state index is 0. The SMILES string of the molecule is Cc1cc(Br)ccc1/C([O-])=N/S(=O)(=O)/C=C/c1ccccc1Cl.[Na+]. The van der Waals surface area contributed by atoms with Gasteiger partial charge in [0.25, 0.3) is 10.0 Å². The molecule has 2 aromatic carbocycles. The summed E-state index contributed by atoms with van der Waals surface area (Å²) in [6.45, 7) is 1.71. The van der Waals surface area contributed by atoms with Gasteiger partial charge in [0.2, 0.25) is 0 Å². The molecule has 0 atom stereocenters.